The van der Waals surface area contributed by atoms with Crippen LogP contribution in [0.1, 0.15) is 43.2 Å². The molecule has 2 saturated heterocycles. The zero-order chi connectivity index (χ0) is 18.0. The van der Waals surface area contributed by atoms with E-state index in [-0.39, 0.29) is 11.3 Å². The number of carbonyl (C=O) groups is 1. The summed E-state index contributed by atoms with van der Waals surface area (Å²) in [6.45, 7) is 5.93. The lowest BCUT2D eigenvalue weighted by molar-refractivity contribution is -0.140. The third-order valence-electron chi connectivity index (χ3n) is 5.49. The number of rotatable bonds is 4. The molecule has 138 valence electrons. The average Bonchev–Trinajstić information content (AvgIpc) is 3.04. The summed E-state index contributed by atoms with van der Waals surface area (Å²) in [6, 6.07) is 5.86. The highest BCUT2D eigenvalue weighted by atomic mass is 16.4. The predicted molar refractivity (Wildman–Crippen MR) is 94.9 cm³/mol. The molecular weight excluding hydrogens is 330 g/mol. The molecule has 4 rings (SSSR count). The molecule has 2 aromatic rings. The van der Waals surface area contributed by atoms with E-state index in [2.05, 4.69) is 20.1 Å². The molecule has 2 fully saturated rings. The van der Waals surface area contributed by atoms with Gasteiger partial charge in [0.25, 0.3) is 0 Å². The first-order valence-electron chi connectivity index (χ1n) is 9.31. The van der Waals surface area contributed by atoms with Crippen LogP contribution in [0.4, 0.5) is 0 Å². The van der Waals surface area contributed by atoms with Gasteiger partial charge in [-0.15, -0.1) is 10.2 Å². The molecule has 0 radical (unpaired) electrons. The second-order valence-corrected chi connectivity index (χ2v) is 7.60. The lowest BCUT2D eigenvalue weighted by Crippen LogP contribution is -2.53. The fourth-order valence-corrected chi connectivity index (χ4v) is 4.30. The normalized spacial score (nSPS) is 24.3. The van der Waals surface area contributed by atoms with E-state index < -0.39 is 0 Å². The highest BCUT2D eigenvalue weighted by molar-refractivity contribution is 5.77. The summed E-state index contributed by atoms with van der Waals surface area (Å²) in [5, 5.41) is 8.05. The average molecular weight is 355 g/mol. The summed E-state index contributed by atoms with van der Waals surface area (Å²) in [4.78, 5) is 21.2. The molecule has 2 aromatic heterocycles. The van der Waals surface area contributed by atoms with Crippen molar-refractivity contribution < 1.29 is 9.21 Å². The number of pyridine rings is 1. The molecule has 7 heteroatoms. The van der Waals surface area contributed by atoms with Gasteiger partial charge in [-0.25, -0.2) is 0 Å². The van der Waals surface area contributed by atoms with Crippen LogP contribution in [0.3, 0.4) is 0 Å². The Bertz CT molecular complexity index is 762. The zero-order valence-electron chi connectivity index (χ0n) is 15.2. The van der Waals surface area contributed by atoms with Crippen LogP contribution in [0.5, 0.6) is 0 Å². The third-order valence-corrected chi connectivity index (χ3v) is 5.49. The van der Waals surface area contributed by atoms with Gasteiger partial charge in [0.1, 0.15) is 0 Å². The van der Waals surface area contributed by atoms with E-state index in [1.807, 2.05) is 30.0 Å². The van der Waals surface area contributed by atoms with E-state index in [0.717, 1.165) is 38.2 Å². The van der Waals surface area contributed by atoms with Crippen LogP contribution in [-0.4, -0.2) is 50.5 Å². The molecule has 4 heterocycles. The smallest absolute Gasteiger partial charge is 0.230 e. The van der Waals surface area contributed by atoms with Crippen molar-refractivity contribution in [3.8, 4) is 0 Å². The number of amides is 1. The molecule has 0 aromatic carbocycles. The Hall–Kier alpha value is -2.28. The van der Waals surface area contributed by atoms with Crippen molar-refractivity contribution >= 4 is 5.91 Å². The van der Waals surface area contributed by atoms with Gasteiger partial charge in [0.15, 0.2) is 0 Å². The molecule has 2 aliphatic rings. The largest absolute Gasteiger partial charge is 0.424 e. The molecule has 7 nitrogen and oxygen atoms in total. The standard InChI is InChI=1S/C19H25N5O2/c1-15-21-22-17(26-15)12-23-10-4-7-19(13-23)8-6-18(25)24(14-19)11-16-5-2-3-9-20-16/h2-3,5,9H,4,6-8,10-14H2,1H3/t19-/m0/s1. The van der Waals surface area contributed by atoms with E-state index in [1.165, 1.54) is 6.42 Å². The number of likely N-dealkylation sites (tertiary alicyclic amines) is 2. The van der Waals surface area contributed by atoms with Crippen molar-refractivity contribution in [2.24, 2.45) is 5.41 Å². The van der Waals surface area contributed by atoms with E-state index in [1.54, 1.807) is 6.20 Å². The molecule has 0 unspecified atom stereocenters. The summed E-state index contributed by atoms with van der Waals surface area (Å²) in [7, 11) is 0. The van der Waals surface area contributed by atoms with Crippen molar-refractivity contribution in [3.63, 3.8) is 0 Å². The van der Waals surface area contributed by atoms with Gasteiger partial charge in [0.05, 0.1) is 18.8 Å². The second kappa shape index (κ2) is 7.15. The molecule has 1 amide bonds. The lowest BCUT2D eigenvalue weighted by atomic mass is 9.73. The van der Waals surface area contributed by atoms with Crippen LogP contribution < -0.4 is 0 Å². The first-order chi connectivity index (χ1) is 12.6. The lowest BCUT2D eigenvalue weighted by Gasteiger charge is -2.48. The van der Waals surface area contributed by atoms with Crippen LogP contribution in [0.15, 0.2) is 28.8 Å². The SMILES string of the molecule is Cc1nnc(CN2CCC[C@]3(CCC(=O)N(Cc4ccccn4)C3)C2)o1. The summed E-state index contributed by atoms with van der Waals surface area (Å²) in [5.41, 5.74) is 1.11. The summed E-state index contributed by atoms with van der Waals surface area (Å²) >= 11 is 0. The maximum absolute atomic E-state index is 12.5. The maximum atomic E-state index is 12.5. The molecule has 26 heavy (non-hydrogen) atoms. The minimum absolute atomic E-state index is 0.163. The first-order valence-corrected chi connectivity index (χ1v) is 9.31. The molecule has 0 bridgehead atoms. The summed E-state index contributed by atoms with van der Waals surface area (Å²) < 4.78 is 5.54. The molecule has 0 aliphatic carbocycles. The number of nitrogens with zero attached hydrogens (tertiary/aromatic N) is 5. The van der Waals surface area contributed by atoms with Crippen molar-refractivity contribution in [2.75, 3.05) is 19.6 Å². The van der Waals surface area contributed by atoms with Crippen molar-refractivity contribution in [1.82, 2.24) is 25.0 Å². The Morgan fingerprint density at radius 1 is 1.19 bits per heavy atom. The molecular formula is C19H25N5O2. The minimum Gasteiger partial charge on any atom is -0.424 e. The van der Waals surface area contributed by atoms with Crippen LogP contribution in [-0.2, 0) is 17.9 Å². The Labute approximate surface area is 153 Å². The van der Waals surface area contributed by atoms with Gasteiger partial charge in [-0.3, -0.25) is 14.7 Å². The van der Waals surface area contributed by atoms with Gasteiger partial charge in [-0.1, -0.05) is 6.07 Å². The first kappa shape index (κ1) is 17.1. The molecule has 2 aliphatic heterocycles. The van der Waals surface area contributed by atoms with Gasteiger partial charge in [0.2, 0.25) is 17.7 Å². The topological polar surface area (TPSA) is 75.4 Å². The summed E-state index contributed by atoms with van der Waals surface area (Å²) in [6.07, 6.45) is 5.68. The van der Waals surface area contributed by atoms with Crippen molar-refractivity contribution in [3.05, 3.63) is 41.9 Å². The number of aryl methyl sites for hydroxylation is 1. The molecule has 1 atom stereocenters. The fourth-order valence-electron chi connectivity index (χ4n) is 4.30. The van der Waals surface area contributed by atoms with Crippen molar-refractivity contribution in [2.45, 2.75) is 45.7 Å². The minimum atomic E-state index is 0.163. The Balaban J connectivity index is 1.43. The van der Waals surface area contributed by atoms with Crippen LogP contribution >= 0.6 is 0 Å². The predicted octanol–water partition coefficient (Wildman–Crippen LogP) is 2.18. The number of piperidine rings is 2. The van der Waals surface area contributed by atoms with E-state index in [9.17, 15) is 4.79 Å². The Morgan fingerprint density at radius 2 is 2.12 bits per heavy atom. The van der Waals surface area contributed by atoms with E-state index in [4.69, 9.17) is 4.42 Å². The number of aromatic nitrogens is 3. The highest BCUT2D eigenvalue weighted by Crippen LogP contribution is 2.39. The quantitative estimate of drug-likeness (QED) is 0.837. The Kier molecular flexibility index (Phi) is 4.72. The number of carbonyl (C=O) groups excluding carboxylic acids is 1. The molecule has 0 saturated carbocycles. The van der Waals surface area contributed by atoms with Crippen LogP contribution in [0.25, 0.3) is 0 Å². The van der Waals surface area contributed by atoms with Crippen LogP contribution in [0, 0.1) is 12.3 Å². The number of hydrogen-bond acceptors (Lipinski definition) is 6. The fraction of sp³-hybridized carbons (Fsp3) is 0.579. The highest BCUT2D eigenvalue weighted by Gasteiger charge is 2.41. The van der Waals surface area contributed by atoms with E-state index in [0.29, 0.717) is 31.3 Å². The summed E-state index contributed by atoms with van der Waals surface area (Å²) in [5.74, 6) is 1.53. The Morgan fingerprint density at radius 3 is 2.88 bits per heavy atom. The van der Waals surface area contributed by atoms with Gasteiger partial charge < -0.3 is 9.32 Å². The maximum Gasteiger partial charge on any atom is 0.230 e. The van der Waals surface area contributed by atoms with Gasteiger partial charge in [-0.05, 0) is 37.9 Å². The van der Waals surface area contributed by atoms with Crippen molar-refractivity contribution in [1.29, 1.82) is 0 Å². The third kappa shape index (κ3) is 3.77. The zero-order valence-corrected chi connectivity index (χ0v) is 15.2. The van der Waals surface area contributed by atoms with Crippen LogP contribution in [0.2, 0.25) is 0 Å². The number of hydrogen-bond donors (Lipinski definition) is 0. The monoisotopic (exact) mass is 355 g/mol. The van der Waals surface area contributed by atoms with Gasteiger partial charge >= 0.3 is 0 Å². The molecule has 1 spiro atoms. The van der Waals surface area contributed by atoms with E-state index >= 15 is 0 Å². The second-order valence-electron chi connectivity index (χ2n) is 7.60. The van der Waals surface area contributed by atoms with Gasteiger partial charge in [0, 0.05) is 38.0 Å². The molecule has 0 N–H and O–H groups in total. The van der Waals surface area contributed by atoms with Gasteiger partial charge in [-0.2, -0.15) is 0 Å².